The summed E-state index contributed by atoms with van der Waals surface area (Å²) < 4.78 is 16.5. The quantitative estimate of drug-likeness (QED) is 0.543. The molecule has 0 saturated carbocycles. The van der Waals surface area contributed by atoms with Gasteiger partial charge in [-0.25, -0.2) is 5.09 Å². The minimum Gasteiger partial charge on any atom is -0.468 e. The van der Waals surface area contributed by atoms with E-state index in [0.29, 0.717) is 21.5 Å². The molecule has 1 aliphatic rings. The third-order valence-corrected chi connectivity index (χ3v) is 6.92. The molecule has 5 nitrogen and oxygen atoms in total. The molecule has 0 atom stereocenters. The normalized spacial score (nSPS) is 14.8. The molecule has 0 radical (unpaired) electrons. The Morgan fingerprint density at radius 3 is 2.16 bits per heavy atom. The molecule has 1 N–H and O–H groups in total. The van der Waals surface area contributed by atoms with E-state index in [1.165, 1.54) is 18.9 Å². The standard InChI is InChI=1S/C15H12Cl2NO4PS2/c1-20-15(19)8-18-23(24)21-11-4-2-9(16)6-13(11)25-14-7-10(17)3-5-12(14)22-23/h2-7H,8H2,1H3,(H,18,24). The van der Waals surface area contributed by atoms with Crippen LogP contribution in [0.5, 0.6) is 11.5 Å². The number of esters is 1. The topological polar surface area (TPSA) is 56.8 Å². The van der Waals surface area contributed by atoms with Gasteiger partial charge in [-0.1, -0.05) is 35.0 Å². The summed E-state index contributed by atoms with van der Waals surface area (Å²) in [5.74, 6) is 0.557. The summed E-state index contributed by atoms with van der Waals surface area (Å²) >= 11 is 19.2. The fourth-order valence-corrected chi connectivity index (χ4v) is 5.60. The second-order valence-corrected chi connectivity index (χ2v) is 9.95. The van der Waals surface area contributed by atoms with E-state index in [-0.39, 0.29) is 6.54 Å². The lowest BCUT2D eigenvalue weighted by atomic mass is 10.3. The molecule has 132 valence electrons. The van der Waals surface area contributed by atoms with Crippen molar-refractivity contribution in [1.29, 1.82) is 0 Å². The molecule has 1 aliphatic heterocycles. The summed E-state index contributed by atoms with van der Waals surface area (Å²) in [7, 11) is 1.30. The number of hydrogen-bond acceptors (Lipinski definition) is 6. The van der Waals surface area contributed by atoms with E-state index >= 15 is 0 Å². The zero-order chi connectivity index (χ0) is 18.0. The molecule has 1 heterocycles. The molecule has 0 unspecified atom stereocenters. The van der Waals surface area contributed by atoms with Crippen molar-refractivity contribution in [2.75, 3.05) is 13.7 Å². The van der Waals surface area contributed by atoms with Gasteiger partial charge < -0.3 is 13.8 Å². The Kier molecular flexibility index (Phi) is 5.83. The van der Waals surface area contributed by atoms with E-state index in [1.807, 2.05) is 0 Å². The van der Waals surface area contributed by atoms with Crippen LogP contribution in [0.15, 0.2) is 46.2 Å². The second-order valence-electron chi connectivity index (χ2n) is 4.88. The van der Waals surface area contributed by atoms with Crippen molar-refractivity contribution in [3.63, 3.8) is 0 Å². The predicted molar refractivity (Wildman–Crippen MR) is 103 cm³/mol. The highest BCUT2D eigenvalue weighted by Crippen LogP contribution is 2.54. The van der Waals surface area contributed by atoms with Crippen LogP contribution >= 0.6 is 41.6 Å². The Labute approximate surface area is 164 Å². The van der Waals surface area contributed by atoms with Gasteiger partial charge >= 0.3 is 12.6 Å². The van der Waals surface area contributed by atoms with E-state index in [0.717, 1.165) is 9.79 Å². The highest BCUT2D eigenvalue weighted by Gasteiger charge is 2.29. The van der Waals surface area contributed by atoms with Gasteiger partial charge in [0.2, 0.25) is 0 Å². The summed E-state index contributed by atoms with van der Waals surface area (Å²) in [6.07, 6.45) is 0. The predicted octanol–water partition coefficient (Wildman–Crippen LogP) is 4.90. The van der Waals surface area contributed by atoms with Gasteiger partial charge in [0.05, 0.1) is 16.9 Å². The van der Waals surface area contributed by atoms with Crippen LogP contribution in [0.3, 0.4) is 0 Å². The maximum absolute atomic E-state index is 11.5. The van der Waals surface area contributed by atoms with Crippen molar-refractivity contribution < 1.29 is 18.6 Å². The molecular weight excluding hydrogens is 424 g/mol. The summed E-state index contributed by atoms with van der Waals surface area (Å²) in [5, 5.41) is 3.99. The highest BCUT2D eigenvalue weighted by atomic mass is 35.5. The van der Waals surface area contributed by atoms with Crippen LogP contribution in [0.4, 0.5) is 0 Å². The Morgan fingerprint density at radius 2 is 1.68 bits per heavy atom. The van der Waals surface area contributed by atoms with E-state index in [9.17, 15) is 4.79 Å². The van der Waals surface area contributed by atoms with Crippen LogP contribution in [0.25, 0.3) is 0 Å². The van der Waals surface area contributed by atoms with Gasteiger partial charge in [0.1, 0.15) is 18.0 Å². The fraction of sp³-hybridized carbons (Fsp3) is 0.133. The number of hydrogen-bond donors (Lipinski definition) is 1. The maximum atomic E-state index is 11.5. The zero-order valence-corrected chi connectivity index (χ0v) is 16.9. The van der Waals surface area contributed by atoms with Crippen LogP contribution in [0.1, 0.15) is 0 Å². The number of carbonyl (C=O) groups excluding carboxylic acids is 1. The summed E-state index contributed by atoms with van der Waals surface area (Å²) in [6.45, 7) is -3.20. The molecule has 0 fully saturated rings. The number of rotatable bonds is 3. The largest absolute Gasteiger partial charge is 0.468 e. The van der Waals surface area contributed by atoms with Crippen molar-refractivity contribution in [1.82, 2.24) is 5.09 Å². The number of nitrogens with one attached hydrogen (secondary N) is 1. The van der Waals surface area contributed by atoms with Crippen molar-refractivity contribution in [3.05, 3.63) is 46.4 Å². The van der Waals surface area contributed by atoms with Gasteiger partial charge in [-0.05, 0) is 36.4 Å². The third kappa shape index (κ3) is 4.61. The Morgan fingerprint density at radius 1 is 1.16 bits per heavy atom. The number of halogens is 2. The lowest BCUT2D eigenvalue weighted by Crippen LogP contribution is -2.26. The molecule has 0 aromatic heterocycles. The van der Waals surface area contributed by atoms with Gasteiger partial charge in [0, 0.05) is 21.9 Å². The minimum absolute atomic E-state index is 0.132. The Balaban J connectivity index is 2.04. The molecule has 0 bridgehead atoms. The van der Waals surface area contributed by atoms with E-state index in [4.69, 9.17) is 44.1 Å². The maximum Gasteiger partial charge on any atom is 0.365 e. The van der Waals surface area contributed by atoms with Gasteiger partial charge in [-0.15, -0.1) is 0 Å². The minimum atomic E-state index is -3.06. The van der Waals surface area contributed by atoms with Crippen LogP contribution in [0, 0.1) is 0 Å². The molecule has 25 heavy (non-hydrogen) atoms. The third-order valence-electron chi connectivity index (χ3n) is 3.11. The second kappa shape index (κ2) is 7.74. The van der Waals surface area contributed by atoms with E-state index in [1.54, 1.807) is 36.4 Å². The van der Waals surface area contributed by atoms with Gasteiger partial charge in [-0.3, -0.25) is 4.79 Å². The molecule has 3 rings (SSSR count). The monoisotopic (exact) mass is 435 g/mol. The first-order valence-electron chi connectivity index (χ1n) is 6.97. The van der Waals surface area contributed by atoms with Crippen molar-refractivity contribution in [2.24, 2.45) is 0 Å². The molecule has 10 heteroatoms. The number of fused-ring (bicyclic) bond motifs is 2. The van der Waals surface area contributed by atoms with Crippen molar-refractivity contribution >= 4 is 59.4 Å². The van der Waals surface area contributed by atoms with Gasteiger partial charge in [0.15, 0.2) is 0 Å². The lowest BCUT2D eigenvalue weighted by molar-refractivity contribution is -0.139. The first-order valence-corrected chi connectivity index (χ1v) is 11.2. The summed E-state index contributed by atoms with van der Waals surface area (Å²) in [4.78, 5) is 13.0. The first-order chi connectivity index (χ1) is 11.9. The smallest absolute Gasteiger partial charge is 0.365 e. The number of benzene rings is 2. The Hall–Kier alpha value is -0.950. The fourth-order valence-electron chi connectivity index (χ4n) is 1.97. The van der Waals surface area contributed by atoms with Crippen LogP contribution in [-0.4, -0.2) is 19.6 Å². The van der Waals surface area contributed by atoms with E-state index in [2.05, 4.69) is 9.82 Å². The molecule has 2 aromatic carbocycles. The first kappa shape index (κ1) is 18.8. The molecule has 0 saturated heterocycles. The molecule has 0 aliphatic carbocycles. The van der Waals surface area contributed by atoms with Crippen LogP contribution < -0.4 is 14.1 Å². The number of methoxy groups -OCH3 is 1. The van der Waals surface area contributed by atoms with Crippen molar-refractivity contribution in [3.8, 4) is 11.5 Å². The SMILES string of the molecule is COC(=O)CNP1(=S)Oc2ccc(Cl)cc2Sc2cc(Cl)ccc2O1. The van der Waals surface area contributed by atoms with Gasteiger partial charge in [0.25, 0.3) is 0 Å². The lowest BCUT2D eigenvalue weighted by Gasteiger charge is -2.28. The van der Waals surface area contributed by atoms with E-state index < -0.39 is 12.6 Å². The van der Waals surface area contributed by atoms with Crippen LogP contribution in [-0.2, 0) is 21.3 Å². The molecule has 0 spiro atoms. The van der Waals surface area contributed by atoms with Gasteiger partial charge in [-0.2, -0.15) is 0 Å². The number of carbonyl (C=O) groups is 1. The summed E-state index contributed by atoms with van der Waals surface area (Å²) in [6, 6.07) is 10.4. The molecule has 0 amide bonds. The summed E-state index contributed by atoms with van der Waals surface area (Å²) in [5.41, 5.74) is 0. The average molecular weight is 436 g/mol. The Bertz CT molecular complexity index is 823. The molecule has 2 aromatic rings. The highest BCUT2D eigenvalue weighted by molar-refractivity contribution is 8.09. The van der Waals surface area contributed by atoms with Crippen LogP contribution in [0.2, 0.25) is 10.0 Å². The zero-order valence-electron chi connectivity index (χ0n) is 12.8. The number of ether oxygens (including phenoxy) is 1. The van der Waals surface area contributed by atoms with Crippen molar-refractivity contribution in [2.45, 2.75) is 9.79 Å². The molecular formula is C15H12Cl2NO4PS2. The average Bonchev–Trinajstić information content (AvgIpc) is 2.56.